The molecule has 1 aromatic rings. The molecule has 15 heavy (non-hydrogen) atoms. The minimum absolute atomic E-state index is 0.379. The van der Waals surface area contributed by atoms with Crippen molar-refractivity contribution >= 4 is 5.95 Å². The summed E-state index contributed by atoms with van der Waals surface area (Å²) < 4.78 is 4.93. The summed E-state index contributed by atoms with van der Waals surface area (Å²) in [6.45, 7) is 1.55. The summed E-state index contributed by atoms with van der Waals surface area (Å²) in [5.41, 5.74) is 0.379. The Morgan fingerprint density at radius 1 is 1.53 bits per heavy atom. The molecule has 5 heteroatoms. The van der Waals surface area contributed by atoms with Crippen molar-refractivity contribution in [3.8, 4) is 6.07 Å². The molecule has 0 aromatic carbocycles. The summed E-state index contributed by atoms with van der Waals surface area (Å²) in [6, 6.07) is 3.55. The molecule has 0 saturated heterocycles. The maximum absolute atomic E-state index is 8.62. The number of hydrogen-bond acceptors (Lipinski definition) is 5. The van der Waals surface area contributed by atoms with Crippen LogP contribution < -0.4 is 5.32 Å². The highest BCUT2D eigenvalue weighted by Gasteiger charge is 1.96. The van der Waals surface area contributed by atoms with E-state index in [9.17, 15) is 0 Å². The van der Waals surface area contributed by atoms with Crippen LogP contribution in [-0.4, -0.2) is 30.2 Å². The Morgan fingerprint density at radius 2 is 2.40 bits per heavy atom. The third-order valence-corrected chi connectivity index (χ3v) is 1.83. The number of ether oxygens (including phenoxy) is 1. The molecule has 0 aliphatic heterocycles. The highest BCUT2D eigenvalue weighted by molar-refractivity contribution is 5.29. The van der Waals surface area contributed by atoms with Crippen molar-refractivity contribution < 1.29 is 4.74 Å². The van der Waals surface area contributed by atoms with Gasteiger partial charge in [0.1, 0.15) is 11.8 Å². The number of nitrogens with zero attached hydrogens (tertiary/aromatic N) is 3. The molecular weight excluding hydrogens is 192 g/mol. The fourth-order valence-electron chi connectivity index (χ4n) is 1.08. The summed E-state index contributed by atoms with van der Waals surface area (Å²) in [5, 5.41) is 11.7. The number of anilines is 1. The predicted octanol–water partition coefficient (Wildman–Crippen LogP) is 1.19. The van der Waals surface area contributed by atoms with Gasteiger partial charge >= 0.3 is 0 Å². The summed E-state index contributed by atoms with van der Waals surface area (Å²) >= 11 is 0. The van der Waals surface area contributed by atoms with Crippen LogP contribution in [0.25, 0.3) is 0 Å². The van der Waals surface area contributed by atoms with E-state index in [1.165, 1.54) is 0 Å². The van der Waals surface area contributed by atoms with E-state index in [0.717, 1.165) is 26.0 Å². The molecule has 0 atom stereocenters. The number of hydrogen-bond donors (Lipinski definition) is 1. The maximum Gasteiger partial charge on any atom is 0.223 e. The van der Waals surface area contributed by atoms with Gasteiger partial charge in [0.05, 0.1) is 0 Å². The van der Waals surface area contributed by atoms with Gasteiger partial charge in [0.25, 0.3) is 0 Å². The molecule has 1 aromatic heterocycles. The smallest absolute Gasteiger partial charge is 0.223 e. The minimum Gasteiger partial charge on any atom is -0.385 e. The molecule has 0 spiro atoms. The van der Waals surface area contributed by atoms with Crippen LogP contribution in [0.5, 0.6) is 0 Å². The number of unbranched alkanes of at least 4 members (excludes halogenated alkanes) is 1. The maximum atomic E-state index is 8.62. The summed E-state index contributed by atoms with van der Waals surface area (Å²) in [4.78, 5) is 8.00. The summed E-state index contributed by atoms with van der Waals surface area (Å²) in [5.74, 6) is 0.506. The third-order valence-electron chi connectivity index (χ3n) is 1.83. The van der Waals surface area contributed by atoms with Crippen LogP contribution in [0.4, 0.5) is 5.95 Å². The SMILES string of the molecule is COCCCCNc1nccc(C#N)n1. The molecule has 0 amide bonds. The van der Waals surface area contributed by atoms with E-state index in [-0.39, 0.29) is 0 Å². The van der Waals surface area contributed by atoms with Gasteiger partial charge in [0.2, 0.25) is 5.95 Å². The molecule has 0 aliphatic rings. The predicted molar refractivity (Wildman–Crippen MR) is 56.3 cm³/mol. The largest absolute Gasteiger partial charge is 0.385 e. The lowest BCUT2D eigenvalue weighted by atomic mass is 10.3. The monoisotopic (exact) mass is 206 g/mol. The molecule has 80 valence electrons. The Balaban J connectivity index is 2.28. The molecule has 0 radical (unpaired) electrons. The lowest BCUT2D eigenvalue weighted by Crippen LogP contribution is -2.06. The lowest BCUT2D eigenvalue weighted by molar-refractivity contribution is 0.193. The molecule has 0 saturated carbocycles. The van der Waals surface area contributed by atoms with Crippen LogP contribution in [0.2, 0.25) is 0 Å². The number of nitriles is 1. The fourth-order valence-corrected chi connectivity index (χ4v) is 1.08. The molecular formula is C10H14N4O. The first kappa shape index (κ1) is 11.4. The van der Waals surface area contributed by atoms with Crippen LogP contribution in [0, 0.1) is 11.3 Å². The second-order valence-corrected chi connectivity index (χ2v) is 3.00. The Kier molecular flexibility index (Phi) is 5.12. The van der Waals surface area contributed by atoms with E-state index in [2.05, 4.69) is 15.3 Å². The second kappa shape index (κ2) is 6.74. The highest BCUT2D eigenvalue weighted by atomic mass is 16.5. The van der Waals surface area contributed by atoms with E-state index in [1.54, 1.807) is 19.4 Å². The Morgan fingerprint density at radius 3 is 3.13 bits per heavy atom. The van der Waals surface area contributed by atoms with Crippen molar-refractivity contribution in [3.05, 3.63) is 18.0 Å². The van der Waals surface area contributed by atoms with Crippen LogP contribution in [0.3, 0.4) is 0 Å². The standard InChI is InChI=1S/C10H14N4O/c1-15-7-3-2-5-12-10-13-6-4-9(8-11)14-10/h4,6H,2-3,5,7H2,1H3,(H,12,13,14). The van der Waals surface area contributed by atoms with Crippen molar-refractivity contribution in [2.24, 2.45) is 0 Å². The summed E-state index contributed by atoms with van der Waals surface area (Å²) in [6.07, 6.45) is 3.57. The molecule has 5 nitrogen and oxygen atoms in total. The second-order valence-electron chi connectivity index (χ2n) is 3.00. The van der Waals surface area contributed by atoms with E-state index < -0.39 is 0 Å². The van der Waals surface area contributed by atoms with Crippen LogP contribution in [-0.2, 0) is 4.74 Å². The molecule has 0 bridgehead atoms. The zero-order chi connectivity index (χ0) is 10.9. The average molecular weight is 206 g/mol. The van der Waals surface area contributed by atoms with E-state index in [4.69, 9.17) is 10.00 Å². The van der Waals surface area contributed by atoms with Crippen molar-refractivity contribution in [2.75, 3.05) is 25.6 Å². The molecule has 1 rings (SSSR count). The Hall–Kier alpha value is -1.67. The molecule has 1 heterocycles. The van der Waals surface area contributed by atoms with Crippen molar-refractivity contribution in [1.29, 1.82) is 5.26 Å². The number of methoxy groups -OCH3 is 1. The van der Waals surface area contributed by atoms with Gasteiger partial charge in [-0.1, -0.05) is 0 Å². The lowest BCUT2D eigenvalue weighted by Gasteiger charge is -2.03. The van der Waals surface area contributed by atoms with Crippen molar-refractivity contribution in [1.82, 2.24) is 9.97 Å². The number of nitrogens with one attached hydrogen (secondary N) is 1. The molecule has 0 aliphatic carbocycles. The van der Waals surface area contributed by atoms with Gasteiger partial charge in [-0.05, 0) is 18.9 Å². The van der Waals surface area contributed by atoms with Gasteiger partial charge in [0, 0.05) is 26.5 Å². The Bertz CT molecular complexity index is 334. The van der Waals surface area contributed by atoms with Gasteiger partial charge in [-0.2, -0.15) is 5.26 Å². The van der Waals surface area contributed by atoms with Gasteiger partial charge in [-0.15, -0.1) is 0 Å². The highest BCUT2D eigenvalue weighted by Crippen LogP contribution is 1.99. The average Bonchev–Trinajstić information content (AvgIpc) is 2.29. The Labute approximate surface area is 89.1 Å². The third kappa shape index (κ3) is 4.38. The van der Waals surface area contributed by atoms with Crippen molar-refractivity contribution in [3.63, 3.8) is 0 Å². The topological polar surface area (TPSA) is 70.8 Å². The van der Waals surface area contributed by atoms with Gasteiger partial charge in [-0.25, -0.2) is 9.97 Å². The number of rotatable bonds is 6. The zero-order valence-corrected chi connectivity index (χ0v) is 8.73. The van der Waals surface area contributed by atoms with Crippen LogP contribution in [0.1, 0.15) is 18.5 Å². The summed E-state index contributed by atoms with van der Waals surface area (Å²) in [7, 11) is 1.69. The normalized spacial score (nSPS) is 9.60. The molecule has 0 unspecified atom stereocenters. The van der Waals surface area contributed by atoms with Crippen molar-refractivity contribution in [2.45, 2.75) is 12.8 Å². The van der Waals surface area contributed by atoms with E-state index >= 15 is 0 Å². The van der Waals surface area contributed by atoms with Gasteiger partial charge in [0.15, 0.2) is 0 Å². The molecule has 1 N–H and O–H groups in total. The zero-order valence-electron chi connectivity index (χ0n) is 8.73. The molecule has 0 fully saturated rings. The first-order valence-electron chi connectivity index (χ1n) is 4.83. The van der Waals surface area contributed by atoms with Gasteiger partial charge < -0.3 is 10.1 Å². The minimum atomic E-state index is 0.379. The van der Waals surface area contributed by atoms with E-state index in [0.29, 0.717) is 11.6 Å². The first-order chi connectivity index (χ1) is 7.36. The van der Waals surface area contributed by atoms with Gasteiger partial charge in [-0.3, -0.25) is 0 Å². The fraction of sp³-hybridized carbons (Fsp3) is 0.500. The quantitative estimate of drug-likeness (QED) is 0.708. The van der Waals surface area contributed by atoms with Crippen LogP contribution in [0.15, 0.2) is 12.3 Å². The van der Waals surface area contributed by atoms with E-state index in [1.807, 2.05) is 6.07 Å². The first-order valence-corrected chi connectivity index (χ1v) is 4.83. The number of aromatic nitrogens is 2. The van der Waals surface area contributed by atoms with Crippen LogP contribution >= 0.6 is 0 Å².